The molecule has 0 aromatic carbocycles. The van der Waals surface area contributed by atoms with E-state index in [1.807, 2.05) is 20.2 Å². The lowest BCUT2D eigenvalue weighted by Crippen LogP contribution is -1.94. The average Bonchev–Trinajstić information content (AvgIpc) is 2.28. The topological polar surface area (TPSA) is 50.4 Å². The fourth-order valence-corrected chi connectivity index (χ4v) is 1.01. The Morgan fingerprint density at radius 1 is 1.73 bits per heavy atom. The molecule has 0 bridgehead atoms. The number of hydrogen-bond acceptors (Lipinski definition) is 3. The van der Waals surface area contributed by atoms with Gasteiger partial charge in [0.15, 0.2) is 0 Å². The van der Waals surface area contributed by atoms with Crippen LogP contribution in [0.4, 0.5) is 0 Å². The number of nitrogens with zero attached hydrogens (tertiary/aromatic N) is 3. The van der Waals surface area contributed by atoms with Gasteiger partial charge in [-0.3, -0.25) is 4.68 Å². The molecular weight excluding hydrogens is 142 g/mol. The Bertz CT molecular complexity index is 288. The highest BCUT2D eigenvalue weighted by molar-refractivity contribution is 5.98. The Kier molecular flexibility index (Phi) is 1.94. The van der Waals surface area contributed by atoms with E-state index in [0.717, 1.165) is 11.3 Å². The Morgan fingerprint density at radius 2 is 2.36 bits per heavy atom. The van der Waals surface area contributed by atoms with Crippen LogP contribution in [0.5, 0.6) is 0 Å². The zero-order valence-electron chi connectivity index (χ0n) is 6.87. The van der Waals surface area contributed by atoms with E-state index in [2.05, 4.69) is 10.3 Å². The summed E-state index contributed by atoms with van der Waals surface area (Å²) in [6.07, 6.45) is 1.82. The highest BCUT2D eigenvalue weighted by Gasteiger charge is 2.05. The second-order valence-electron chi connectivity index (χ2n) is 2.49. The molecule has 4 nitrogen and oxygen atoms in total. The smallest absolute Gasteiger partial charge is 0.0871 e. The fraction of sp³-hybridized carbons (Fsp3) is 0.429. The van der Waals surface area contributed by atoms with Gasteiger partial charge >= 0.3 is 0 Å². The van der Waals surface area contributed by atoms with Crippen molar-refractivity contribution in [3.63, 3.8) is 0 Å². The van der Waals surface area contributed by atoms with E-state index in [0.29, 0.717) is 5.71 Å². The molecule has 0 saturated carbocycles. The van der Waals surface area contributed by atoms with Crippen LogP contribution in [0.1, 0.15) is 18.2 Å². The zero-order chi connectivity index (χ0) is 8.43. The molecule has 0 aliphatic heterocycles. The van der Waals surface area contributed by atoms with Gasteiger partial charge in [0, 0.05) is 18.8 Å². The van der Waals surface area contributed by atoms with Crippen molar-refractivity contribution in [2.75, 3.05) is 0 Å². The lowest BCUT2D eigenvalue weighted by atomic mass is 10.2. The first-order valence-corrected chi connectivity index (χ1v) is 3.34. The van der Waals surface area contributed by atoms with E-state index in [1.54, 1.807) is 11.6 Å². The van der Waals surface area contributed by atoms with Crippen molar-refractivity contribution in [2.24, 2.45) is 12.2 Å². The van der Waals surface area contributed by atoms with Gasteiger partial charge in [0.1, 0.15) is 0 Å². The van der Waals surface area contributed by atoms with Crippen LogP contribution in [0.25, 0.3) is 0 Å². The monoisotopic (exact) mass is 153 g/mol. The summed E-state index contributed by atoms with van der Waals surface area (Å²) in [4.78, 5) is 0. The van der Waals surface area contributed by atoms with E-state index in [4.69, 9.17) is 5.21 Å². The molecule has 60 valence electrons. The molecule has 0 saturated heterocycles. The zero-order valence-corrected chi connectivity index (χ0v) is 6.87. The summed E-state index contributed by atoms with van der Waals surface area (Å²) in [7, 11) is 1.83. The maximum atomic E-state index is 8.47. The van der Waals surface area contributed by atoms with Gasteiger partial charge in [0.2, 0.25) is 0 Å². The number of oxime groups is 1. The predicted octanol–water partition coefficient (Wildman–Crippen LogP) is 0.927. The van der Waals surface area contributed by atoms with Crippen LogP contribution in [0.15, 0.2) is 11.4 Å². The van der Waals surface area contributed by atoms with Gasteiger partial charge in [-0.1, -0.05) is 5.16 Å². The first kappa shape index (κ1) is 7.78. The Balaban J connectivity index is 3.13. The molecule has 1 aromatic heterocycles. The number of aryl methyl sites for hydroxylation is 2. The standard InChI is InChI=1S/C7H11N3O/c1-5-7(6(2)9-11)4-10(3)8-5/h4,11H,1-3H3/b9-6+. The summed E-state index contributed by atoms with van der Waals surface area (Å²) < 4.78 is 1.69. The molecule has 1 aromatic rings. The molecule has 0 amide bonds. The highest BCUT2D eigenvalue weighted by atomic mass is 16.4. The van der Waals surface area contributed by atoms with Crippen molar-refractivity contribution in [3.05, 3.63) is 17.5 Å². The minimum Gasteiger partial charge on any atom is -0.411 e. The molecule has 4 heteroatoms. The molecule has 11 heavy (non-hydrogen) atoms. The average molecular weight is 153 g/mol. The van der Waals surface area contributed by atoms with Crippen molar-refractivity contribution in [2.45, 2.75) is 13.8 Å². The van der Waals surface area contributed by atoms with E-state index < -0.39 is 0 Å². The van der Waals surface area contributed by atoms with Gasteiger partial charge in [0.05, 0.1) is 11.4 Å². The summed E-state index contributed by atoms with van der Waals surface area (Å²) in [5.41, 5.74) is 2.36. The lowest BCUT2D eigenvalue weighted by molar-refractivity contribution is 0.319. The van der Waals surface area contributed by atoms with Gasteiger partial charge in [-0.2, -0.15) is 5.10 Å². The first-order chi connectivity index (χ1) is 5.15. The molecule has 1 rings (SSSR count). The molecule has 1 N–H and O–H groups in total. The predicted molar refractivity (Wildman–Crippen MR) is 41.9 cm³/mol. The summed E-state index contributed by atoms with van der Waals surface area (Å²) in [5, 5.41) is 15.7. The largest absolute Gasteiger partial charge is 0.411 e. The van der Waals surface area contributed by atoms with E-state index in [1.165, 1.54) is 0 Å². The fourth-order valence-electron chi connectivity index (χ4n) is 1.01. The Labute approximate surface area is 65.1 Å². The molecule has 0 spiro atoms. The molecule has 0 atom stereocenters. The van der Waals surface area contributed by atoms with Gasteiger partial charge in [0.25, 0.3) is 0 Å². The minimum absolute atomic E-state index is 0.593. The number of hydrogen-bond donors (Lipinski definition) is 1. The van der Waals surface area contributed by atoms with Gasteiger partial charge in [-0.05, 0) is 13.8 Å². The van der Waals surface area contributed by atoms with Crippen molar-refractivity contribution in [1.82, 2.24) is 9.78 Å². The van der Waals surface area contributed by atoms with Crippen LogP contribution < -0.4 is 0 Å². The number of rotatable bonds is 1. The van der Waals surface area contributed by atoms with Crippen LogP contribution in [0.3, 0.4) is 0 Å². The SMILES string of the molecule is C/C(=N\O)c1cn(C)nc1C. The first-order valence-electron chi connectivity index (χ1n) is 3.34. The van der Waals surface area contributed by atoms with Crippen LogP contribution in [-0.4, -0.2) is 20.7 Å². The molecule has 0 unspecified atom stereocenters. The van der Waals surface area contributed by atoms with E-state index >= 15 is 0 Å². The Morgan fingerprint density at radius 3 is 2.73 bits per heavy atom. The summed E-state index contributed by atoms with van der Waals surface area (Å²) in [6, 6.07) is 0. The van der Waals surface area contributed by atoms with Crippen molar-refractivity contribution >= 4 is 5.71 Å². The molecule has 0 aliphatic carbocycles. The maximum absolute atomic E-state index is 8.47. The third-order valence-corrected chi connectivity index (χ3v) is 1.55. The van der Waals surface area contributed by atoms with Crippen LogP contribution in [0, 0.1) is 6.92 Å². The van der Waals surface area contributed by atoms with Crippen molar-refractivity contribution in [3.8, 4) is 0 Å². The van der Waals surface area contributed by atoms with Crippen molar-refractivity contribution < 1.29 is 5.21 Å². The second-order valence-corrected chi connectivity index (χ2v) is 2.49. The molecule has 0 fully saturated rings. The van der Waals surface area contributed by atoms with Gasteiger partial charge in [-0.25, -0.2) is 0 Å². The van der Waals surface area contributed by atoms with Crippen LogP contribution in [-0.2, 0) is 7.05 Å². The lowest BCUT2D eigenvalue weighted by Gasteiger charge is -1.91. The summed E-state index contributed by atoms with van der Waals surface area (Å²) in [6.45, 7) is 3.62. The minimum atomic E-state index is 0.593. The summed E-state index contributed by atoms with van der Waals surface area (Å²) in [5.74, 6) is 0. The second kappa shape index (κ2) is 2.74. The quantitative estimate of drug-likeness (QED) is 0.370. The van der Waals surface area contributed by atoms with Crippen LogP contribution in [0.2, 0.25) is 0 Å². The van der Waals surface area contributed by atoms with Crippen molar-refractivity contribution in [1.29, 1.82) is 0 Å². The normalized spacial score (nSPS) is 12.1. The van der Waals surface area contributed by atoms with Gasteiger partial charge in [-0.15, -0.1) is 0 Å². The third kappa shape index (κ3) is 1.39. The summed E-state index contributed by atoms with van der Waals surface area (Å²) >= 11 is 0. The number of aromatic nitrogens is 2. The highest BCUT2D eigenvalue weighted by Crippen LogP contribution is 2.05. The van der Waals surface area contributed by atoms with Crippen LogP contribution >= 0.6 is 0 Å². The molecule has 0 radical (unpaired) electrons. The van der Waals surface area contributed by atoms with E-state index in [9.17, 15) is 0 Å². The Hall–Kier alpha value is -1.32. The third-order valence-electron chi connectivity index (χ3n) is 1.55. The molecule has 0 aliphatic rings. The van der Waals surface area contributed by atoms with Gasteiger partial charge < -0.3 is 5.21 Å². The molecule has 1 heterocycles. The maximum Gasteiger partial charge on any atom is 0.0871 e. The van der Waals surface area contributed by atoms with E-state index in [-0.39, 0.29) is 0 Å². The molecular formula is C7H11N3O.